The van der Waals surface area contributed by atoms with Crippen molar-refractivity contribution in [2.75, 3.05) is 0 Å². The largest absolute Gasteiger partial charge is 0.393 e. The van der Waals surface area contributed by atoms with Crippen LogP contribution < -0.4 is 0 Å². The summed E-state index contributed by atoms with van der Waals surface area (Å²) in [5.41, 5.74) is 0. The third-order valence-electron chi connectivity index (χ3n) is 3.36. The minimum Gasteiger partial charge on any atom is -0.393 e. The van der Waals surface area contributed by atoms with Crippen molar-refractivity contribution in [2.45, 2.75) is 58.5 Å². The second kappa shape index (κ2) is 4.86. The number of aliphatic hydroxyl groups excluding tert-OH is 1. The molecule has 12 heavy (non-hydrogen) atoms. The molecule has 1 saturated carbocycles. The topological polar surface area (TPSA) is 20.2 Å². The van der Waals surface area contributed by atoms with Crippen molar-refractivity contribution in [3.63, 3.8) is 0 Å². The monoisotopic (exact) mass is 170 g/mol. The third kappa shape index (κ3) is 2.48. The van der Waals surface area contributed by atoms with E-state index in [0.717, 1.165) is 12.3 Å². The van der Waals surface area contributed by atoms with Crippen LogP contribution in [-0.4, -0.2) is 11.2 Å². The van der Waals surface area contributed by atoms with E-state index in [-0.39, 0.29) is 6.10 Å². The zero-order valence-corrected chi connectivity index (χ0v) is 8.42. The molecule has 0 aromatic rings. The first-order valence-electron chi connectivity index (χ1n) is 5.46. The SMILES string of the molecule is CCC1CCCC(C(O)CC)C1. The molecule has 0 bridgehead atoms. The van der Waals surface area contributed by atoms with E-state index in [1.54, 1.807) is 0 Å². The quantitative estimate of drug-likeness (QED) is 0.690. The molecule has 1 heteroatoms. The fraction of sp³-hybridized carbons (Fsp3) is 1.00. The molecule has 1 aliphatic carbocycles. The van der Waals surface area contributed by atoms with E-state index in [1.807, 2.05) is 0 Å². The van der Waals surface area contributed by atoms with Crippen molar-refractivity contribution >= 4 is 0 Å². The number of hydrogen-bond acceptors (Lipinski definition) is 1. The molecule has 0 radical (unpaired) electrons. The van der Waals surface area contributed by atoms with Gasteiger partial charge in [-0.1, -0.05) is 33.1 Å². The molecular weight excluding hydrogens is 148 g/mol. The van der Waals surface area contributed by atoms with Crippen molar-refractivity contribution in [1.82, 2.24) is 0 Å². The van der Waals surface area contributed by atoms with Crippen LogP contribution in [0.25, 0.3) is 0 Å². The van der Waals surface area contributed by atoms with Crippen LogP contribution in [0.2, 0.25) is 0 Å². The molecule has 0 spiro atoms. The van der Waals surface area contributed by atoms with Gasteiger partial charge in [-0.3, -0.25) is 0 Å². The molecular formula is C11H22O. The maximum absolute atomic E-state index is 9.70. The number of rotatable bonds is 3. The highest BCUT2D eigenvalue weighted by atomic mass is 16.3. The van der Waals surface area contributed by atoms with E-state index in [4.69, 9.17) is 0 Å². The first-order valence-corrected chi connectivity index (χ1v) is 5.46. The molecule has 0 aromatic carbocycles. The van der Waals surface area contributed by atoms with Crippen LogP contribution in [0.15, 0.2) is 0 Å². The van der Waals surface area contributed by atoms with Gasteiger partial charge in [-0.2, -0.15) is 0 Å². The predicted octanol–water partition coefficient (Wildman–Crippen LogP) is 2.97. The van der Waals surface area contributed by atoms with E-state index < -0.39 is 0 Å². The first-order chi connectivity index (χ1) is 5.77. The Morgan fingerprint density at radius 1 is 1.33 bits per heavy atom. The second-order valence-electron chi connectivity index (χ2n) is 4.18. The lowest BCUT2D eigenvalue weighted by Gasteiger charge is -2.31. The first kappa shape index (κ1) is 10.0. The molecule has 1 aliphatic rings. The molecule has 1 fully saturated rings. The van der Waals surface area contributed by atoms with E-state index in [1.165, 1.54) is 32.1 Å². The Bertz CT molecular complexity index is 120. The van der Waals surface area contributed by atoms with Gasteiger partial charge in [0.15, 0.2) is 0 Å². The fourth-order valence-electron chi connectivity index (χ4n) is 2.39. The van der Waals surface area contributed by atoms with Gasteiger partial charge in [0.25, 0.3) is 0 Å². The normalized spacial score (nSPS) is 33.2. The maximum Gasteiger partial charge on any atom is 0.0565 e. The zero-order chi connectivity index (χ0) is 8.97. The molecule has 0 aromatic heterocycles. The molecule has 3 unspecified atom stereocenters. The van der Waals surface area contributed by atoms with Crippen LogP contribution in [-0.2, 0) is 0 Å². The lowest BCUT2D eigenvalue weighted by atomic mass is 9.77. The van der Waals surface area contributed by atoms with Crippen molar-refractivity contribution in [1.29, 1.82) is 0 Å². The Labute approximate surface area is 76.2 Å². The molecule has 1 N–H and O–H groups in total. The third-order valence-corrected chi connectivity index (χ3v) is 3.36. The minimum atomic E-state index is -0.0284. The zero-order valence-electron chi connectivity index (χ0n) is 8.42. The van der Waals surface area contributed by atoms with E-state index in [0.29, 0.717) is 5.92 Å². The van der Waals surface area contributed by atoms with Gasteiger partial charge in [0.2, 0.25) is 0 Å². The average Bonchev–Trinajstić information content (AvgIpc) is 2.17. The molecule has 0 aliphatic heterocycles. The van der Waals surface area contributed by atoms with Gasteiger partial charge in [-0.15, -0.1) is 0 Å². The van der Waals surface area contributed by atoms with Gasteiger partial charge >= 0.3 is 0 Å². The maximum atomic E-state index is 9.70. The standard InChI is InChI=1S/C11H22O/c1-3-9-6-5-7-10(8-9)11(12)4-2/h9-12H,3-8H2,1-2H3. The highest BCUT2D eigenvalue weighted by Gasteiger charge is 2.25. The summed E-state index contributed by atoms with van der Waals surface area (Å²) in [7, 11) is 0. The Kier molecular flexibility index (Phi) is 4.07. The van der Waals surface area contributed by atoms with Crippen molar-refractivity contribution in [2.24, 2.45) is 11.8 Å². The summed E-state index contributed by atoms with van der Waals surface area (Å²) in [5, 5.41) is 9.70. The fourth-order valence-corrected chi connectivity index (χ4v) is 2.39. The smallest absolute Gasteiger partial charge is 0.0565 e. The Morgan fingerprint density at radius 2 is 2.08 bits per heavy atom. The molecule has 1 nitrogen and oxygen atoms in total. The highest BCUT2D eigenvalue weighted by molar-refractivity contribution is 4.76. The van der Waals surface area contributed by atoms with Crippen molar-refractivity contribution in [3.8, 4) is 0 Å². The van der Waals surface area contributed by atoms with Gasteiger partial charge in [0, 0.05) is 0 Å². The van der Waals surface area contributed by atoms with Gasteiger partial charge in [-0.05, 0) is 31.1 Å². The molecule has 0 heterocycles. The second-order valence-corrected chi connectivity index (χ2v) is 4.18. The average molecular weight is 170 g/mol. The van der Waals surface area contributed by atoms with E-state index in [2.05, 4.69) is 13.8 Å². The summed E-state index contributed by atoms with van der Waals surface area (Å²) >= 11 is 0. The van der Waals surface area contributed by atoms with Gasteiger partial charge < -0.3 is 5.11 Å². The van der Waals surface area contributed by atoms with Crippen LogP contribution in [0.4, 0.5) is 0 Å². The Balaban J connectivity index is 2.34. The van der Waals surface area contributed by atoms with E-state index >= 15 is 0 Å². The van der Waals surface area contributed by atoms with Gasteiger partial charge in [0.05, 0.1) is 6.10 Å². The van der Waals surface area contributed by atoms with Crippen LogP contribution in [0.5, 0.6) is 0 Å². The van der Waals surface area contributed by atoms with Crippen molar-refractivity contribution < 1.29 is 5.11 Å². The van der Waals surface area contributed by atoms with E-state index in [9.17, 15) is 5.11 Å². The summed E-state index contributed by atoms with van der Waals surface area (Å²) in [6, 6.07) is 0. The number of hydrogen-bond donors (Lipinski definition) is 1. The lowest BCUT2D eigenvalue weighted by molar-refractivity contribution is 0.0654. The molecule has 3 atom stereocenters. The van der Waals surface area contributed by atoms with Crippen LogP contribution >= 0.6 is 0 Å². The lowest BCUT2D eigenvalue weighted by Crippen LogP contribution is -2.25. The predicted molar refractivity (Wildman–Crippen MR) is 52.0 cm³/mol. The summed E-state index contributed by atoms with van der Waals surface area (Å²) in [4.78, 5) is 0. The van der Waals surface area contributed by atoms with Crippen LogP contribution in [0.3, 0.4) is 0 Å². The summed E-state index contributed by atoms with van der Waals surface area (Å²) in [6.07, 6.45) is 7.45. The molecule has 0 saturated heterocycles. The molecule has 0 amide bonds. The summed E-state index contributed by atoms with van der Waals surface area (Å²) in [5.74, 6) is 1.50. The Morgan fingerprint density at radius 3 is 2.67 bits per heavy atom. The summed E-state index contributed by atoms with van der Waals surface area (Å²) < 4.78 is 0. The minimum absolute atomic E-state index is 0.0284. The van der Waals surface area contributed by atoms with Crippen molar-refractivity contribution in [3.05, 3.63) is 0 Å². The van der Waals surface area contributed by atoms with Crippen LogP contribution in [0, 0.1) is 11.8 Å². The Hall–Kier alpha value is -0.0400. The number of aliphatic hydroxyl groups is 1. The highest BCUT2D eigenvalue weighted by Crippen LogP contribution is 2.33. The molecule has 1 rings (SSSR count). The van der Waals surface area contributed by atoms with Gasteiger partial charge in [0.1, 0.15) is 0 Å². The van der Waals surface area contributed by atoms with Crippen LogP contribution in [0.1, 0.15) is 52.4 Å². The molecule has 72 valence electrons. The van der Waals surface area contributed by atoms with Gasteiger partial charge in [-0.25, -0.2) is 0 Å². The summed E-state index contributed by atoms with van der Waals surface area (Å²) in [6.45, 7) is 4.35.